The van der Waals surface area contributed by atoms with E-state index in [0.717, 1.165) is 29.9 Å². The largest absolute Gasteiger partial charge is 0.462 e. The molecule has 1 aliphatic rings. The molecule has 0 saturated heterocycles. The number of carbonyl (C=O) groups excluding carboxylic acids is 2. The number of fused-ring (bicyclic) bond motifs is 1. The molecule has 0 aromatic carbocycles. The zero-order valence-corrected chi connectivity index (χ0v) is 17.2. The van der Waals surface area contributed by atoms with Crippen LogP contribution < -0.4 is 5.73 Å². The van der Waals surface area contributed by atoms with E-state index in [2.05, 4.69) is 10.1 Å². The van der Waals surface area contributed by atoms with E-state index in [0.29, 0.717) is 22.6 Å². The summed E-state index contributed by atoms with van der Waals surface area (Å²) in [7, 11) is 0. The molecule has 1 saturated carbocycles. The molecule has 0 aliphatic heterocycles. The summed E-state index contributed by atoms with van der Waals surface area (Å²) in [4.78, 5) is 29.8. The number of hydrogen-bond acceptors (Lipinski definition) is 10. The van der Waals surface area contributed by atoms with Crippen LogP contribution in [0.1, 0.15) is 68.2 Å². The van der Waals surface area contributed by atoms with Crippen molar-refractivity contribution >= 4 is 39.4 Å². The second-order valence-corrected chi connectivity index (χ2v) is 7.93. The average molecular weight is 426 g/mol. The van der Waals surface area contributed by atoms with Gasteiger partial charge in [0.05, 0.1) is 28.8 Å². The Balaban J connectivity index is 1.66. The number of carbonyl (C=O) groups is 2. The van der Waals surface area contributed by atoms with Crippen molar-refractivity contribution in [1.29, 1.82) is 5.26 Å². The number of ether oxygens (including phenoxy) is 2. The van der Waals surface area contributed by atoms with Crippen LogP contribution in [0.25, 0.3) is 11.1 Å². The zero-order valence-electron chi connectivity index (χ0n) is 16.4. The number of nitrogens with zero attached hydrogens (tertiary/aromatic N) is 3. The molecule has 10 heteroatoms. The van der Waals surface area contributed by atoms with Crippen LogP contribution in [0.5, 0.6) is 0 Å². The maximum atomic E-state index is 12.9. The van der Waals surface area contributed by atoms with Gasteiger partial charge in [-0.3, -0.25) is 0 Å². The van der Waals surface area contributed by atoms with E-state index in [-0.39, 0.29) is 39.9 Å². The molecular formula is C20H18N4O5S. The van der Waals surface area contributed by atoms with Crippen LogP contribution in [-0.2, 0) is 16.1 Å². The van der Waals surface area contributed by atoms with Gasteiger partial charge in [0, 0.05) is 17.2 Å². The number of rotatable bonds is 6. The highest BCUT2D eigenvalue weighted by Crippen LogP contribution is 2.40. The lowest BCUT2D eigenvalue weighted by Gasteiger charge is -2.08. The van der Waals surface area contributed by atoms with Crippen LogP contribution in [-0.4, -0.2) is 28.7 Å². The molecule has 2 N–H and O–H groups in total. The second kappa shape index (κ2) is 7.76. The topological polar surface area (TPSA) is 141 Å². The highest BCUT2D eigenvalue weighted by Gasteiger charge is 2.30. The van der Waals surface area contributed by atoms with Crippen molar-refractivity contribution in [2.45, 2.75) is 39.2 Å². The van der Waals surface area contributed by atoms with Gasteiger partial charge in [-0.2, -0.15) is 5.26 Å². The van der Waals surface area contributed by atoms with Gasteiger partial charge < -0.3 is 19.7 Å². The molecule has 9 nitrogen and oxygen atoms in total. The van der Waals surface area contributed by atoms with Gasteiger partial charge in [0.25, 0.3) is 5.71 Å². The molecule has 30 heavy (non-hydrogen) atoms. The summed E-state index contributed by atoms with van der Waals surface area (Å²) in [5.41, 5.74) is 8.07. The third-order valence-electron chi connectivity index (χ3n) is 4.81. The number of hydrogen-bond donors (Lipinski definition) is 1. The van der Waals surface area contributed by atoms with E-state index in [1.807, 2.05) is 6.07 Å². The van der Waals surface area contributed by atoms with Gasteiger partial charge in [0.2, 0.25) is 0 Å². The normalized spacial score (nSPS) is 13.2. The van der Waals surface area contributed by atoms with Crippen molar-refractivity contribution < 1.29 is 23.6 Å². The fourth-order valence-corrected chi connectivity index (χ4v) is 4.10. The third-order valence-corrected chi connectivity index (χ3v) is 5.85. The van der Waals surface area contributed by atoms with Crippen LogP contribution in [0.4, 0.5) is 5.00 Å². The quantitative estimate of drug-likeness (QED) is 0.586. The van der Waals surface area contributed by atoms with E-state index in [1.165, 1.54) is 0 Å². The molecule has 0 atom stereocenters. The standard InChI is InChI=1S/C20H18N4O5S/c1-3-27-20(26)16-13(12(7-21)17(22)30-16)8-28-19(25)11-6-14(10-4-5-10)23-18-15(11)9(2)24-29-18/h6,10H,3-5,8,22H2,1-2H3. The Morgan fingerprint density at radius 1 is 1.37 bits per heavy atom. The Labute approximate surface area is 175 Å². The number of esters is 2. The molecule has 0 radical (unpaired) electrons. The molecule has 3 aromatic rings. The SMILES string of the molecule is CCOC(=O)c1sc(N)c(C#N)c1COC(=O)c1cc(C2CC2)nc2onc(C)c12. The van der Waals surface area contributed by atoms with Crippen molar-refractivity contribution in [3.05, 3.63) is 39.0 Å². The Bertz CT molecular complexity index is 1200. The van der Waals surface area contributed by atoms with Crippen LogP contribution in [0.3, 0.4) is 0 Å². The molecule has 1 fully saturated rings. The minimum atomic E-state index is -0.626. The number of nitrogen functional groups attached to an aromatic ring is 1. The fourth-order valence-electron chi connectivity index (χ4n) is 3.19. The summed E-state index contributed by atoms with van der Waals surface area (Å²) in [6.07, 6.45) is 2.01. The first-order valence-corrected chi connectivity index (χ1v) is 10.2. The monoisotopic (exact) mass is 426 g/mol. The van der Waals surface area contributed by atoms with E-state index < -0.39 is 11.9 Å². The number of thiophene rings is 1. The summed E-state index contributed by atoms with van der Waals surface area (Å²) in [5, 5.41) is 14.0. The number of aryl methyl sites for hydroxylation is 1. The lowest BCUT2D eigenvalue weighted by Crippen LogP contribution is -2.11. The van der Waals surface area contributed by atoms with Crippen molar-refractivity contribution in [3.8, 4) is 6.07 Å². The van der Waals surface area contributed by atoms with E-state index in [4.69, 9.17) is 19.7 Å². The van der Waals surface area contributed by atoms with Gasteiger partial charge in [0.15, 0.2) is 0 Å². The van der Waals surface area contributed by atoms with Gasteiger partial charge in [-0.15, -0.1) is 11.3 Å². The van der Waals surface area contributed by atoms with Crippen LogP contribution >= 0.6 is 11.3 Å². The third kappa shape index (κ3) is 3.48. The smallest absolute Gasteiger partial charge is 0.348 e. The highest BCUT2D eigenvalue weighted by atomic mass is 32.1. The summed E-state index contributed by atoms with van der Waals surface area (Å²) >= 11 is 0.937. The number of aromatic nitrogens is 2. The van der Waals surface area contributed by atoms with Gasteiger partial charge in [-0.25, -0.2) is 14.6 Å². The molecule has 0 spiro atoms. The summed E-state index contributed by atoms with van der Waals surface area (Å²) in [5.74, 6) is -0.943. The van der Waals surface area contributed by atoms with Crippen molar-refractivity contribution in [2.24, 2.45) is 0 Å². The molecule has 3 aromatic heterocycles. The summed E-state index contributed by atoms with van der Waals surface area (Å²) in [6, 6.07) is 3.66. The number of anilines is 1. The first-order chi connectivity index (χ1) is 14.4. The number of pyridine rings is 1. The maximum Gasteiger partial charge on any atom is 0.348 e. The zero-order chi connectivity index (χ0) is 21.4. The van der Waals surface area contributed by atoms with E-state index >= 15 is 0 Å². The van der Waals surface area contributed by atoms with Gasteiger partial charge >= 0.3 is 11.9 Å². The molecule has 154 valence electrons. The second-order valence-electron chi connectivity index (χ2n) is 6.87. The molecule has 3 heterocycles. The Morgan fingerprint density at radius 3 is 2.80 bits per heavy atom. The lowest BCUT2D eigenvalue weighted by atomic mass is 10.1. The minimum Gasteiger partial charge on any atom is -0.462 e. The number of nitrogens with two attached hydrogens (primary N) is 1. The first kappa shape index (κ1) is 19.8. The number of nitriles is 1. The Kier molecular flexibility index (Phi) is 5.13. The minimum absolute atomic E-state index is 0.107. The lowest BCUT2D eigenvalue weighted by molar-refractivity contribution is 0.0454. The predicted molar refractivity (Wildman–Crippen MR) is 107 cm³/mol. The predicted octanol–water partition coefficient (Wildman–Crippen LogP) is 3.46. The van der Waals surface area contributed by atoms with Crippen molar-refractivity contribution in [3.63, 3.8) is 0 Å². The molecule has 0 unspecified atom stereocenters. The Hall–Kier alpha value is -3.45. The molecule has 0 amide bonds. The van der Waals surface area contributed by atoms with E-state index in [9.17, 15) is 14.9 Å². The van der Waals surface area contributed by atoms with Gasteiger partial charge in [-0.1, -0.05) is 5.16 Å². The fraction of sp³-hybridized carbons (Fsp3) is 0.350. The maximum absolute atomic E-state index is 12.9. The molecule has 1 aliphatic carbocycles. The molecule has 4 rings (SSSR count). The molecule has 0 bridgehead atoms. The average Bonchev–Trinajstić information content (AvgIpc) is 3.44. The molecular weight excluding hydrogens is 408 g/mol. The van der Waals surface area contributed by atoms with Crippen LogP contribution in [0.15, 0.2) is 10.6 Å². The Morgan fingerprint density at radius 2 is 2.13 bits per heavy atom. The van der Waals surface area contributed by atoms with Crippen LogP contribution in [0.2, 0.25) is 0 Å². The van der Waals surface area contributed by atoms with Crippen molar-refractivity contribution in [1.82, 2.24) is 10.1 Å². The summed E-state index contributed by atoms with van der Waals surface area (Å²) < 4.78 is 15.8. The highest BCUT2D eigenvalue weighted by molar-refractivity contribution is 7.18. The summed E-state index contributed by atoms with van der Waals surface area (Å²) in [6.45, 7) is 3.26. The van der Waals surface area contributed by atoms with Crippen molar-refractivity contribution in [2.75, 3.05) is 12.3 Å². The van der Waals surface area contributed by atoms with Crippen LogP contribution in [0, 0.1) is 18.3 Å². The van der Waals surface area contributed by atoms with E-state index in [1.54, 1.807) is 19.9 Å². The van der Waals surface area contributed by atoms with Gasteiger partial charge in [0.1, 0.15) is 22.6 Å². The first-order valence-electron chi connectivity index (χ1n) is 9.37. The van der Waals surface area contributed by atoms with Gasteiger partial charge in [-0.05, 0) is 32.8 Å².